The van der Waals surface area contributed by atoms with Crippen LogP contribution in [0.5, 0.6) is 5.75 Å². The molecule has 1 saturated heterocycles. The van der Waals surface area contributed by atoms with Crippen LogP contribution in [0.2, 0.25) is 5.02 Å². The first-order valence-electron chi connectivity index (χ1n) is 15.6. The summed E-state index contributed by atoms with van der Waals surface area (Å²) in [5.41, 5.74) is 15.6. The second-order valence-electron chi connectivity index (χ2n) is 13.4. The molecular weight excluding hydrogens is 619 g/mol. The maximum Gasteiger partial charge on any atom is 0.410 e. The van der Waals surface area contributed by atoms with Gasteiger partial charge in [0.1, 0.15) is 29.2 Å². The first-order valence-corrected chi connectivity index (χ1v) is 16.0. The monoisotopic (exact) mass is 654 g/mol. The number of carbonyl (C=O) groups is 1. The number of fused-ring (bicyclic) bond motifs is 4. The molecule has 1 atom stereocenters. The minimum atomic E-state index is -0.631. The van der Waals surface area contributed by atoms with E-state index >= 15 is 4.39 Å². The van der Waals surface area contributed by atoms with Gasteiger partial charge >= 0.3 is 6.09 Å². The summed E-state index contributed by atoms with van der Waals surface area (Å²) in [6.45, 7) is 9.96. The molecule has 0 saturated carbocycles. The van der Waals surface area contributed by atoms with Gasteiger partial charge in [-0.3, -0.25) is 0 Å². The number of nitrogens with two attached hydrogens (primary N) is 1. The average Bonchev–Trinajstić information content (AvgIpc) is 3.58. The van der Waals surface area contributed by atoms with Crippen molar-refractivity contribution in [3.63, 3.8) is 0 Å². The van der Waals surface area contributed by atoms with Crippen LogP contribution in [-0.2, 0) is 11.2 Å². The van der Waals surface area contributed by atoms with Crippen molar-refractivity contribution in [3.8, 4) is 28.1 Å². The Morgan fingerprint density at radius 2 is 1.91 bits per heavy atom. The SMILES string of the molecule is COc1c(C(C)n2nc(-c3cc(C)c(N)c4c3Cc3ccccc3-4)c3cncnc32)cc(Cl)c(F)c1C1CN(C(=O)OC(C)(C)C)C1. The number of halogens is 2. The number of benzene rings is 3. The fraction of sp³-hybridized carbons (Fsp3) is 0.333. The van der Waals surface area contributed by atoms with Crippen LogP contribution in [0.1, 0.15) is 67.5 Å². The first kappa shape index (κ1) is 30.9. The predicted octanol–water partition coefficient (Wildman–Crippen LogP) is 7.70. The van der Waals surface area contributed by atoms with Gasteiger partial charge in [-0.15, -0.1) is 0 Å². The summed E-state index contributed by atoms with van der Waals surface area (Å²) < 4.78 is 29.0. The normalized spacial score (nSPS) is 14.9. The van der Waals surface area contributed by atoms with Crippen LogP contribution in [0, 0.1) is 12.7 Å². The highest BCUT2D eigenvalue weighted by molar-refractivity contribution is 6.31. The molecular formula is C36H36ClFN6O3. The molecule has 0 radical (unpaired) electrons. The molecule has 0 bridgehead atoms. The zero-order valence-corrected chi connectivity index (χ0v) is 27.9. The van der Waals surface area contributed by atoms with Gasteiger partial charge in [-0.05, 0) is 75.4 Å². The molecule has 11 heteroatoms. The fourth-order valence-corrected chi connectivity index (χ4v) is 7.08. The molecule has 9 nitrogen and oxygen atoms in total. The average molecular weight is 655 g/mol. The molecule has 5 aromatic rings. The van der Waals surface area contributed by atoms with E-state index < -0.39 is 23.6 Å². The summed E-state index contributed by atoms with van der Waals surface area (Å²) in [7, 11) is 1.51. The summed E-state index contributed by atoms with van der Waals surface area (Å²) in [5.74, 6) is -0.516. The zero-order chi connectivity index (χ0) is 33.4. The third-order valence-corrected chi connectivity index (χ3v) is 9.43. The molecule has 0 spiro atoms. The van der Waals surface area contributed by atoms with E-state index in [9.17, 15) is 4.79 Å². The highest BCUT2D eigenvalue weighted by atomic mass is 35.5. The van der Waals surface area contributed by atoms with Crippen molar-refractivity contribution in [1.29, 1.82) is 0 Å². The number of carbonyl (C=O) groups excluding carboxylic acids is 1. The Hall–Kier alpha value is -4.70. The zero-order valence-electron chi connectivity index (χ0n) is 27.2. The summed E-state index contributed by atoms with van der Waals surface area (Å²) in [6, 6.07) is 11.5. The number of methoxy groups -OCH3 is 1. The number of hydrogen-bond donors (Lipinski definition) is 1. The van der Waals surface area contributed by atoms with Gasteiger partial charge < -0.3 is 20.1 Å². The molecule has 1 unspecified atom stereocenters. The van der Waals surface area contributed by atoms with Crippen molar-refractivity contribution in [2.45, 2.75) is 58.6 Å². The number of rotatable bonds is 5. The van der Waals surface area contributed by atoms with Gasteiger partial charge in [0.05, 0.1) is 23.6 Å². The molecule has 7 rings (SSSR count). The Labute approximate surface area is 277 Å². The van der Waals surface area contributed by atoms with E-state index in [0.717, 1.165) is 51.0 Å². The van der Waals surface area contributed by atoms with E-state index in [4.69, 9.17) is 31.9 Å². The predicted molar refractivity (Wildman–Crippen MR) is 180 cm³/mol. The van der Waals surface area contributed by atoms with Crippen LogP contribution < -0.4 is 10.5 Å². The van der Waals surface area contributed by atoms with E-state index in [0.29, 0.717) is 22.5 Å². The minimum absolute atomic E-state index is 0.0329. The number of amides is 1. The Morgan fingerprint density at radius 3 is 2.64 bits per heavy atom. The Morgan fingerprint density at radius 1 is 1.17 bits per heavy atom. The van der Waals surface area contributed by atoms with Gasteiger partial charge in [-0.1, -0.05) is 35.9 Å². The standard InChI is InChI=1S/C36H36ClFN6O3/c1-18-11-25(24-12-20-9-7-8-10-22(20)29(24)31(18)39)32-26-14-40-17-41-34(26)44(42-32)19(2)23-13-27(37)30(38)28(33(23)46-6)21-15-43(16-21)35(45)47-36(3,4)5/h7-11,13-14,17,19,21H,12,15-16,39H2,1-6H3. The highest BCUT2D eigenvalue weighted by Crippen LogP contribution is 2.48. The molecule has 242 valence electrons. The van der Waals surface area contributed by atoms with Crippen LogP contribution in [0.25, 0.3) is 33.4 Å². The van der Waals surface area contributed by atoms with E-state index in [1.54, 1.807) is 17.2 Å². The van der Waals surface area contributed by atoms with E-state index in [1.807, 2.05) is 51.4 Å². The number of aryl methyl sites for hydroxylation is 1. The van der Waals surface area contributed by atoms with Crippen molar-refractivity contribution in [2.24, 2.45) is 0 Å². The number of aromatic nitrogens is 4. The third-order valence-electron chi connectivity index (χ3n) is 9.16. The molecule has 2 aromatic heterocycles. The van der Waals surface area contributed by atoms with Gasteiger partial charge in [0, 0.05) is 53.1 Å². The fourth-order valence-electron chi connectivity index (χ4n) is 6.86. The van der Waals surface area contributed by atoms with E-state index in [-0.39, 0.29) is 24.0 Å². The topological polar surface area (TPSA) is 108 Å². The molecule has 1 fully saturated rings. The van der Waals surface area contributed by atoms with Crippen molar-refractivity contribution in [2.75, 3.05) is 25.9 Å². The molecule has 1 aliphatic carbocycles. The lowest BCUT2D eigenvalue weighted by Crippen LogP contribution is -2.50. The number of nitrogens with zero attached hydrogens (tertiary/aromatic N) is 5. The number of ether oxygens (including phenoxy) is 2. The number of hydrogen-bond acceptors (Lipinski definition) is 7. The summed E-state index contributed by atoms with van der Waals surface area (Å²) in [4.78, 5) is 23.2. The van der Waals surface area contributed by atoms with Gasteiger partial charge in [0.25, 0.3) is 0 Å². The minimum Gasteiger partial charge on any atom is -0.496 e. The van der Waals surface area contributed by atoms with Crippen molar-refractivity contribution >= 4 is 34.4 Å². The van der Waals surface area contributed by atoms with Crippen molar-refractivity contribution in [3.05, 3.63) is 87.6 Å². The molecule has 1 aliphatic heterocycles. The molecule has 2 N–H and O–H groups in total. The van der Waals surface area contributed by atoms with Crippen LogP contribution in [0.4, 0.5) is 14.9 Å². The van der Waals surface area contributed by atoms with Crippen molar-refractivity contribution in [1.82, 2.24) is 24.6 Å². The molecule has 2 aliphatic rings. The summed E-state index contributed by atoms with van der Waals surface area (Å²) in [6.07, 6.45) is 3.56. The Kier molecular flexibility index (Phi) is 7.39. The Balaban J connectivity index is 1.32. The number of nitrogen functional groups attached to an aromatic ring is 1. The van der Waals surface area contributed by atoms with Crippen molar-refractivity contribution < 1.29 is 18.7 Å². The summed E-state index contributed by atoms with van der Waals surface area (Å²) in [5, 5.41) is 5.91. The molecule has 3 heterocycles. The lowest BCUT2D eigenvalue weighted by molar-refractivity contribution is 0.00768. The van der Waals surface area contributed by atoms with Crippen LogP contribution in [0.3, 0.4) is 0 Å². The highest BCUT2D eigenvalue weighted by Gasteiger charge is 2.39. The molecule has 3 aromatic carbocycles. The van der Waals surface area contributed by atoms with E-state index in [1.165, 1.54) is 19.0 Å². The lowest BCUT2D eigenvalue weighted by atomic mass is 9.88. The van der Waals surface area contributed by atoms with Crippen LogP contribution >= 0.6 is 11.6 Å². The quantitative estimate of drug-likeness (QED) is 0.190. The second-order valence-corrected chi connectivity index (χ2v) is 13.8. The maximum atomic E-state index is 15.8. The third kappa shape index (κ3) is 5.06. The maximum absolute atomic E-state index is 15.8. The number of likely N-dealkylation sites (tertiary alicyclic amines) is 1. The first-order chi connectivity index (χ1) is 22.4. The van der Waals surface area contributed by atoms with Crippen LogP contribution in [0.15, 0.2) is 48.9 Å². The largest absolute Gasteiger partial charge is 0.496 e. The van der Waals surface area contributed by atoms with Gasteiger partial charge in [-0.2, -0.15) is 5.10 Å². The number of anilines is 1. The van der Waals surface area contributed by atoms with Gasteiger partial charge in [-0.25, -0.2) is 23.8 Å². The Bertz CT molecular complexity index is 2080. The lowest BCUT2D eigenvalue weighted by Gasteiger charge is -2.40. The van der Waals surface area contributed by atoms with Gasteiger partial charge in [0.2, 0.25) is 0 Å². The van der Waals surface area contributed by atoms with E-state index in [2.05, 4.69) is 28.2 Å². The molecule has 47 heavy (non-hydrogen) atoms. The van der Waals surface area contributed by atoms with Gasteiger partial charge in [0.15, 0.2) is 5.65 Å². The smallest absolute Gasteiger partial charge is 0.410 e. The molecule has 1 amide bonds. The second kappa shape index (κ2) is 11.2. The summed E-state index contributed by atoms with van der Waals surface area (Å²) >= 11 is 6.55. The van der Waals surface area contributed by atoms with Crippen LogP contribution in [-0.4, -0.2) is 56.5 Å².